The Morgan fingerprint density at radius 3 is 2.58 bits per heavy atom. The van der Waals surface area contributed by atoms with E-state index in [9.17, 15) is 0 Å². The van der Waals surface area contributed by atoms with Crippen LogP contribution >= 0.6 is 0 Å². The summed E-state index contributed by atoms with van der Waals surface area (Å²) in [5.74, 6) is 0. The lowest BCUT2D eigenvalue weighted by Crippen LogP contribution is -1.85. The van der Waals surface area contributed by atoms with Gasteiger partial charge in [0.25, 0.3) is 0 Å². The molecule has 0 aliphatic rings. The predicted octanol–water partition coefficient (Wildman–Crippen LogP) is 4.08. The SMILES string of the molecule is Cc1ccc2ccc(-c3cccc(C#N)c3)cc2n1. The highest BCUT2D eigenvalue weighted by molar-refractivity contribution is 5.84. The van der Waals surface area contributed by atoms with Gasteiger partial charge in [-0.2, -0.15) is 5.26 Å². The fourth-order valence-electron chi connectivity index (χ4n) is 2.17. The third-order valence-electron chi connectivity index (χ3n) is 3.16. The van der Waals surface area contributed by atoms with E-state index in [1.165, 1.54) is 0 Å². The number of hydrogen-bond acceptors (Lipinski definition) is 2. The molecule has 2 nitrogen and oxygen atoms in total. The topological polar surface area (TPSA) is 36.7 Å². The first-order valence-corrected chi connectivity index (χ1v) is 6.14. The molecule has 1 heterocycles. The fourth-order valence-corrected chi connectivity index (χ4v) is 2.17. The Hall–Kier alpha value is -2.66. The van der Waals surface area contributed by atoms with Crippen LogP contribution in [0.25, 0.3) is 22.0 Å². The molecule has 0 fully saturated rings. The molecule has 0 bridgehead atoms. The van der Waals surface area contributed by atoms with E-state index in [1.807, 2.05) is 37.3 Å². The van der Waals surface area contributed by atoms with Gasteiger partial charge in [0.15, 0.2) is 0 Å². The summed E-state index contributed by atoms with van der Waals surface area (Å²) >= 11 is 0. The molecule has 2 aromatic carbocycles. The monoisotopic (exact) mass is 244 g/mol. The lowest BCUT2D eigenvalue weighted by atomic mass is 10.0. The summed E-state index contributed by atoms with van der Waals surface area (Å²) < 4.78 is 0. The Labute approximate surface area is 112 Å². The summed E-state index contributed by atoms with van der Waals surface area (Å²) in [4.78, 5) is 4.54. The second kappa shape index (κ2) is 4.55. The van der Waals surface area contributed by atoms with E-state index >= 15 is 0 Å². The van der Waals surface area contributed by atoms with Crippen molar-refractivity contribution in [3.8, 4) is 17.2 Å². The molecule has 0 spiro atoms. The highest BCUT2D eigenvalue weighted by Crippen LogP contribution is 2.24. The number of nitrogens with zero attached hydrogens (tertiary/aromatic N) is 2. The molecule has 0 amide bonds. The number of nitriles is 1. The summed E-state index contributed by atoms with van der Waals surface area (Å²) in [5, 5.41) is 10.1. The van der Waals surface area contributed by atoms with E-state index in [2.05, 4.69) is 35.3 Å². The van der Waals surface area contributed by atoms with Crippen LogP contribution in [0.15, 0.2) is 54.6 Å². The quantitative estimate of drug-likeness (QED) is 0.646. The first-order chi connectivity index (χ1) is 9.26. The van der Waals surface area contributed by atoms with Gasteiger partial charge in [0.05, 0.1) is 17.1 Å². The third-order valence-corrected chi connectivity index (χ3v) is 3.16. The van der Waals surface area contributed by atoms with Crippen molar-refractivity contribution in [2.45, 2.75) is 6.92 Å². The first kappa shape index (κ1) is 11.4. The standard InChI is InChI=1S/C17H12N2/c1-12-5-6-14-7-8-16(10-17(14)19-12)15-4-2-3-13(9-15)11-18/h2-10H,1H3. The number of benzene rings is 2. The van der Waals surface area contributed by atoms with Crippen molar-refractivity contribution in [2.75, 3.05) is 0 Å². The zero-order valence-electron chi connectivity index (χ0n) is 10.6. The largest absolute Gasteiger partial charge is 0.253 e. The van der Waals surface area contributed by atoms with Crippen LogP contribution in [-0.4, -0.2) is 4.98 Å². The van der Waals surface area contributed by atoms with Gasteiger partial charge >= 0.3 is 0 Å². The van der Waals surface area contributed by atoms with Crippen LogP contribution in [0.5, 0.6) is 0 Å². The zero-order chi connectivity index (χ0) is 13.2. The van der Waals surface area contributed by atoms with Gasteiger partial charge in [0, 0.05) is 11.1 Å². The lowest BCUT2D eigenvalue weighted by molar-refractivity contribution is 1.26. The van der Waals surface area contributed by atoms with Crippen LogP contribution in [0.1, 0.15) is 11.3 Å². The summed E-state index contributed by atoms with van der Waals surface area (Å²) in [6, 6.07) is 20.1. The van der Waals surface area contributed by atoms with Gasteiger partial charge in [-0.1, -0.05) is 30.3 Å². The van der Waals surface area contributed by atoms with Crippen LogP contribution in [0, 0.1) is 18.3 Å². The van der Waals surface area contributed by atoms with Crippen molar-refractivity contribution in [3.05, 3.63) is 65.9 Å². The van der Waals surface area contributed by atoms with Crippen LogP contribution in [0.2, 0.25) is 0 Å². The number of pyridine rings is 1. The number of aryl methyl sites for hydroxylation is 1. The van der Waals surface area contributed by atoms with Crippen molar-refractivity contribution < 1.29 is 0 Å². The molecular formula is C17H12N2. The third kappa shape index (κ3) is 2.19. The molecule has 0 unspecified atom stereocenters. The van der Waals surface area contributed by atoms with Gasteiger partial charge in [-0.15, -0.1) is 0 Å². The van der Waals surface area contributed by atoms with Gasteiger partial charge in [-0.05, 0) is 42.3 Å². The van der Waals surface area contributed by atoms with Crippen LogP contribution in [-0.2, 0) is 0 Å². The first-order valence-electron chi connectivity index (χ1n) is 6.14. The maximum atomic E-state index is 8.95. The molecule has 0 aliphatic carbocycles. The molecule has 2 heteroatoms. The van der Waals surface area contributed by atoms with E-state index in [0.717, 1.165) is 27.7 Å². The molecule has 0 atom stereocenters. The highest BCUT2D eigenvalue weighted by atomic mass is 14.7. The lowest BCUT2D eigenvalue weighted by Gasteiger charge is -2.05. The molecule has 1 aromatic heterocycles. The second-order valence-electron chi connectivity index (χ2n) is 4.55. The maximum absolute atomic E-state index is 8.95. The molecule has 3 aromatic rings. The van der Waals surface area contributed by atoms with Crippen molar-refractivity contribution >= 4 is 10.9 Å². The number of aromatic nitrogens is 1. The molecule has 0 aliphatic heterocycles. The Kier molecular flexibility index (Phi) is 2.74. The van der Waals surface area contributed by atoms with E-state index < -0.39 is 0 Å². The second-order valence-corrected chi connectivity index (χ2v) is 4.55. The van der Waals surface area contributed by atoms with Gasteiger partial charge in [0.2, 0.25) is 0 Å². The van der Waals surface area contributed by atoms with E-state index in [1.54, 1.807) is 0 Å². The molecule has 0 saturated carbocycles. The Bertz CT molecular complexity index is 798. The summed E-state index contributed by atoms with van der Waals surface area (Å²) in [7, 11) is 0. The molecule has 3 rings (SSSR count). The van der Waals surface area contributed by atoms with Crippen molar-refractivity contribution in [2.24, 2.45) is 0 Å². The normalized spacial score (nSPS) is 10.3. The highest BCUT2D eigenvalue weighted by Gasteiger charge is 2.02. The maximum Gasteiger partial charge on any atom is 0.0991 e. The number of rotatable bonds is 1. The van der Waals surface area contributed by atoms with Gasteiger partial charge in [0.1, 0.15) is 0 Å². The number of fused-ring (bicyclic) bond motifs is 1. The van der Waals surface area contributed by atoms with E-state index in [0.29, 0.717) is 5.56 Å². The van der Waals surface area contributed by atoms with Gasteiger partial charge in [-0.3, -0.25) is 4.98 Å². The van der Waals surface area contributed by atoms with Crippen LogP contribution in [0.3, 0.4) is 0 Å². The average molecular weight is 244 g/mol. The average Bonchev–Trinajstić information content (AvgIpc) is 2.46. The Balaban J connectivity index is 2.17. The molecular weight excluding hydrogens is 232 g/mol. The minimum absolute atomic E-state index is 0.676. The smallest absolute Gasteiger partial charge is 0.0991 e. The van der Waals surface area contributed by atoms with E-state index in [-0.39, 0.29) is 0 Å². The zero-order valence-corrected chi connectivity index (χ0v) is 10.6. The van der Waals surface area contributed by atoms with Crippen molar-refractivity contribution in [1.29, 1.82) is 5.26 Å². The molecule has 0 saturated heterocycles. The van der Waals surface area contributed by atoms with Gasteiger partial charge < -0.3 is 0 Å². The van der Waals surface area contributed by atoms with Crippen molar-refractivity contribution in [3.63, 3.8) is 0 Å². The molecule has 0 radical (unpaired) electrons. The molecule has 0 N–H and O–H groups in total. The summed E-state index contributed by atoms with van der Waals surface area (Å²) in [6.07, 6.45) is 0. The van der Waals surface area contributed by atoms with E-state index in [4.69, 9.17) is 5.26 Å². The number of hydrogen-bond donors (Lipinski definition) is 0. The van der Waals surface area contributed by atoms with Crippen LogP contribution in [0.4, 0.5) is 0 Å². The summed E-state index contributed by atoms with van der Waals surface area (Å²) in [6.45, 7) is 1.99. The minimum atomic E-state index is 0.676. The molecule has 19 heavy (non-hydrogen) atoms. The predicted molar refractivity (Wildman–Crippen MR) is 76.6 cm³/mol. The molecule has 90 valence electrons. The summed E-state index contributed by atoms with van der Waals surface area (Å²) in [5.41, 5.74) is 4.80. The Morgan fingerprint density at radius 2 is 1.74 bits per heavy atom. The minimum Gasteiger partial charge on any atom is -0.253 e. The fraction of sp³-hybridized carbons (Fsp3) is 0.0588. The Morgan fingerprint density at radius 1 is 0.947 bits per heavy atom. The van der Waals surface area contributed by atoms with Crippen molar-refractivity contribution in [1.82, 2.24) is 4.98 Å². The van der Waals surface area contributed by atoms with Gasteiger partial charge in [-0.25, -0.2) is 0 Å². The van der Waals surface area contributed by atoms with Crippen LogP contribution < -0.4 is 0 Å².